The van der Waals surface area contributed by atoms with Gasteiger partial charge in [-0.1, -0.05) is 35.5 Å². The highest BCUT2D eigenvalue weighted by molar-refractivity contribution is 5.81. The molecular weight excluding hydrogens is 272 g/mol. The molecule has 0 saturated heterocycles. The molecule has 0 fully saturated rings. The van der Waals surface area contributed by atoms with Crippen LogP contribution in [0.1, 0.15) is 30.3 Å². The number of hydrogen-bond acceptors (Lipinski definition) is 6. The lowest BCUT2D eigenvalue weighted by atomic mass is 10.1. The SMILES string of the molecule is CCOC(c1ccccc1)c1noc(CC(=O)COC)n1. The van der Waals surface area contributed by atoms with Gasteiger partial charge in [0.15, 0.2) is 5.78 Å². The van der Waals surface area contributed by atoms with E-state index in [-0.39, 0.29) is 24.7 Å². The molecule has 1 atom stereocenters. The fourth-order valence-corrected chi connectivity index (χ4v) is 1.94. The molecule has 6 nitrogen and oxygen atoms in total. The van der Waals surface area contributed by atoms with Crippen molar-refractivity contribution in [2.24, 2.45) is 0 Å². The van der Waals surface area contributed by atoms with E-state index in [2.05, 4.69) is 10.1 Å². The van der Waals surface area contributed by atoms with Crippen molar-refractivity contribution in [2.75, 3.05) is 20.3 Å². The van der Waals surface area contributed by atoms with Crippen molar-refractivity contribution >= 4 is 5.78 Å². The Labute approximate surface area is 123 Å². The average Bonchev–Trinajstić information content (AvgIpc) is 2.94. The van der Waals surface area contributed by atoms with Crippen LogP contribution in [0.25, 0.3) is 0 Å². The molecule has 0 aliphatic rings. The minimum atomic E-state index is -0.397. The number of ether oxygens (including phenoxy) is 2. The molecule has 2 aromatic rings. The topological polar surface area (TPSA) is 74.5 Å². The zero-order valence-corrected chi connectivity index (χ0v) is 12.1. The number of nitrogens with zero attached hydrogens (tertiary/aromatic N) is 2. The largest absolute Gasteiger partial charge is 0.377 e. The minimum Gasteiger partial charge on any atom is -0.377 e. The summed E-state index contributed by atoms with van der Waals surface area (Å²) in [4.78, 5) is 15.8. The molecule has 0 saturated carbocycles. The Bertz CT molecular complexity index is 568. The molecule has 0 spiro atoms. The van der Waals surface area contributed by atoms with Crippen LogP contribution in [0.3, 0.4) is 0 Å². The van der Waals surface area contributed by atoms with Crippen molar-refractivity contribution in [3.05, 3.63) is 47.6 Å². The van der Waals surface area contributed by atoms with Crippen molar-refractivity contribution in [2.45, 2.75) is 19.4 Å². The van der Waals surface area contributed by atoms with E-state index in [1.807, 2.05) is 37.3 Å². The Hall–Kier alpha value is -2.05. The average molecular weight is 290 g/mol. The molecule has 0 aliphatic heterocycles. The number of methoxy groups -OCH3 is 1. The lowest BCUT2D eigenvalue weighted by Crippen LogP contribution is -2.11. The lowest BCUT2D eigenvalue weighted by Gasteiger charge is -2.13. The van der Waals surface area contributed by atoms with Crippen molar-refractivity contribution in [1.82, 2.24) is 10.1 Å². The standard InChI is InChI=1S/C15H18N2O4/c1-3-20-14(11-7-5-4-6-8-11)15-16-13(21-17-15)9-12(18)10-19-2/h4-8,14H,3,9-10H2,1-2H3. The van der Waals surface area contributed by atoms with Crippen molar-refractivity contribution in [3.8, 4) is 0 Å². The molecule has 0 aliphatic carbocycles. The molecule has 1 unspecified atom stereocenters. The van der Waals surface area contributed by atoms with Gasteiger partial charge >= 0.3 is 0 Å². The summed E-state index contributed by atoms with van der Waals surface area (Å²) in [5, 5.41) is 3.92. The van der Waals surface area contributed by atoms with Crippen molar-refractivity contribution < 1.29 is 18.8 Å². The first-order chi connectivity index (χ1) is 10.2. The third-order valence-corrected chi connectivity index (χ3v) is 2.81. The highest BCUT2D eigenvalue weighted by atomic mass is 16.5. The van der Waals surface area contributed by atoms with E-state index >= 15 is 0 Å². The number of carbonyl (C=O) groups excluding carboxylic acids is 1. The molecule has 1 aromatic carbocycles. The van der Waals surface area contributed by atoms with Gasteiger partial charge in [-0.05, 0) is 12.5 Å². The van der Waals surface area contributed by atoms with E-state index in [0.29, 0.717) is 12.4 Å². The maximum Gasteiger partial charge on any atom is 0.234 e. The molecule has 2 rings (SSSR count). The summed E-state index contributed by atoms with van der Waals surface area (Å²) in [5.74, 6) is 0.580. The zero-order chi connectivity index (χ0) is 15.1. The Morgan fingerprint density at radius 3 is 2.76 bits per heavy atom. The second-order valence-corrected chi connectivity index (χ2v) is 4.44. The molecule has 6 heteroatoms. The van der Waals surface area contributed by atoms with Crippen LogP contribution in [-0.2, 0) is 20.7 Å². The van der Waals surface area contributed by atoms with Crippen molar-refractivity contribution in [1.29, 1.82) is 0 Å². The molecular formula is C15H18N2O4. The van der Waals surface area contributed by atoms with Crippen LogP contribution in [0.5, 0.6) is 0 Å². The van der Waals surface area contributed by atoms with E-state index in [0.717, 1.165) is 5.56 Å². The van der Waals surface area contributed by atoms with Gasteiger partial charge in [-0.3, -0.25) is 4.79 Å². The number of carbonyl (C=O) groups is 1. The van der Waals surface area contributed by atoms with E-state index in [9.17, 15) is 4.79 Å². The van der Waals surface area contributed by atoms with Crippen LogP contribution in [0.2, 0.25) is 0 Å². The third-order valence-electron chi connectivity index (χ3n) is 2.81. The van der Waals surface area contributed by atoms with E-state index < -0.39 is 6.10 Å². The summed E-state index contributed by atoms with van der Waals surface area (Å²) < 4.78 is 15.6. The number of Topliss-reactive ketones (excluding diaryl/α,β-unsaturated/α-hetero) is 1. The van der Waals surface area contributed by atoms with Gasteiger partial charge in [0, 0.05) is 13.7 Å². The summed E-state index contributed by atoms with van der Waals surface area (Å²) in [6, 6.07) is 9.64. The first-order valence-electron chi connectivity index (χ1n) is 6.74. The van der Waals surface area contributed by atoms with Gasteiger partial charge in [0.25, 0.3) is 0 Å². The summed E-state index contributed by atoms with van der Waals surface area (Å²) >= 11 is 0. The van der Waals surface area contributed by atoms with Gasteiger partial charge in [-0.25, -0.2) is 0 Å². The Morgan fingerprint density at radius 1 is 1.33 bits per heavy atom. The molecule has 0 bridgehead atoms. The maximum absolute atomic E-state index is 11.5. The van der Waals surface area contributed by atoms with Crippen LogP contribution in [-0.4, -0.2) is 36.2 Å². The summed E-state index contributed by atoms with van der Waals surface area (Å²) in [5.41, 5.74) is 0.940. The van der Waals surface area contributed by atoms with Crippen LogP contribution >= 0.6 is 0 Å². The highest BCUT2D eigenvalue weighted by Gasteiger charge is 2.21. The zero-order valence-electron chi connectivity index (χ0n) is 12.1. The molecule has 1 aromatic heterocycles. The first-order valence-corrected chi connectivity index (χ1v) is 6.74. The first kappa shape index (κ1) is 15.3. The van der Waals surface area contributed by atoms with Crippen LogP contribution in [0.4, 0.5) is 0 Å². The molecule has 21 heavy (non-hydrogen) atoms. The fraction of sp³-hybridized carbons (Fsp3) is 0.400. The number of hydrogen-bond donors (Lipinski definition) is 0. The highest BCUT2D eigenvalue weighted by Crippen LogP contribution is 2.23. The van der Waals surface area contributed by atoms with Crippen molar-refractivity contribution in [3.63, 3.8) is 0 Å². The maximum atomic E-state index is 11.5. The normalized spacial score (nSPS) is 12.3. The smallest absolute Gasteiger partial charge is 0.234 e. The van der Waals surface area contributed by atoms with E-state index in [4.69, 9.17) is 14.0 Å². The molecule has 1 heterocycles. The minimum absolute atomic E-state index is 0.0330. The number of benzene rings is 1. The Morgan fingerprint density at radius 2 is 2.10 bits per heavy atom. The monoisotopic (exact) mass is 290 g/mol. The van der Waals surface area contributed by atoms with Gasteiger partial charge < -0.3 is 14.0 Å². The predicted octanol–water partition coefficient (Wildman–Crippen LogP) is 1.95. The van der Waals surface area contributed by atoms with Gasteiger partial charge in [0.2, 0.25) is 11.7 Å². The van der Waals surface area contributed by atoms with Crippen LogP contribution < -0.4 is 0 Å². The molecule has 112 valence electrons. The molecule has 0 N–H and O–H groups in total. The quantitative estimate of drug-likeness (QED) is 0.739. The van der Waals surface area contributed by atoms with Gasteiger partial charge in [0.05, 0.1) is 6.42 Å². The number of aromatic nitrogens is 2. The third kappa shape index (κ3) is 4.21. The summed E-state index contributed by atoms with van der Waals surface area (Å²) in [6.45, 7) is 2.45. The van der Waals surface area contributed by atoms with E-state index in [1.54, 1.807) is 0 Å². The van der Waals surface area contributed by atoms with E-state index in [1.165, 1.54) is 7.11 Å². The number of ketones is 1. The second kappa shape index (κ2) is 7.66. The predicted molar refractivity (Wildman–Crippen MR) is 74.8 cm³/mol. The van der Waals surface area contributed by atoms with Crippen LogP contribution in [0.15, 0.2) is 34.9 Å². The van der Waals surface area contributed by atoms with Gasteiger partial charge in [-0.15, -0.1) is 0 Å². The summed E-state index contributed by atoms with van der Waals surface area (Å²) in [7, 11) is 1.47. The molecule has 0 radical (unpaired) electrons. The number of rotatable bonds is 8. The Kier molecular flexibility index (Phi) is 5.59. The fourth-order valence-electron chi connectivity index (χ4n) is 1.94. The molecule has 0 amide bonds. The van der Waals surface area contributed by atoms with Gasteiger partial charge in [-0.2, -0.15) is 4.98 Å². The van der Waals surface area contributed by atoms with Crippen LogP contribution in [0, 0.1) is 0 Å². The van der Waals surface area contributed by atoms with Gasteiger partial charge in [0.1, 0.15) is 12.7 Å². The summed E-state index contributed by atoms with van der Waals surface area (Å²) in [6.07, 6.45) is -0.333. The second-order valence-electron chi connectivity index (χ2n) is 4.44. The lowest BCUT2D eigenvalue weighted by molar-refractivity contribution is -0.122. The Balaban J connectivity index is 2.15.